The molecule has 1 aromatic rings. The Hall–Kier alpha value is 0.790. The highest BCUT2D eigenvalue weighted by Gasteiger charge is 2.15. The number of carbonyl (C=O) groups is 1. The molecule has 1 rings (SSSR count). The Kier molecular flexibility index (Phi) is 6.54. The van der Waals surface area contributed by atoms with Gasteiger partial charge in [-0.1, -0.05) is 0 Å². The molecule has 0 aliphatic heterocycles. The van der Waals surface area contributed by atoms with E-state index in [-0.39, 0.29) is 0 Å². The van der Waals surface area contributed by atoms with E-state index in [1.54, 1.807) is 6.07 Å². The monoisotopic (exact) mass is 607 g/mol. The lowest BCUT2D eigenvalue weighted by Crippen LogP contribution is -2.16. The molecular weight excluding hydrogens is 601 g/mol. The first kappa shape index (κ1) is 16.8. The zero-order valence-electron chi connectivity index (χ0n) is 8.65. The predicted molar refractivity (Wildman–Crippen MR) is 89.4 cm³/mol. The maximum absolute atomic E-state index is 11.7. The standard InChI is InChI=1S/C9H7I3O5S/c10-5-3-6(8(12)7(11)4-5)9(13)17-1-2-18(14,15)16/h3-4H,1-2H2,(H,14,15,16)/p-1. The van der Waals surface area contributed by atoms with Crippen LogP contribution >= 0.6 is 67.8 Å². The van der Waals surface area contributed by atoms with E-state index in [4.69, 9.17) is 4.74 Å². The van der Waals surface area contributed by atoms with Gasteiger partial charge in [-0.3, -0.25) is 0 Å². The normalized spacial score (nSPS) is 11.3. The summed E-state index contributed by atoms with van der Waals surface area (Å²) in [5, 5.41) is 0. The molecule has 0 heterocycles. The summed E-state index contributed by atoms with van der Waals surface area (Å²) in [7, 11) is -4.36. The highest BCUT2D eigenvalue weighted by Crippen LogP contribution is 2.23. The molecule has 1 aromatic carbocycles. The smallest absolute Gasteiger partial charge is 0.339 e. The Bertz CT molecular complexity index is 570. The third-order valence-electron chi connectivity index (χ3n) is 1.78. The van der Waals surface area contributed by atoms with Crippen LogP contribution in [0.15, 0.2) is 12.1 Å². The van der Waals surface area contributed by atoms with Gasteiger partial charge in [-0.15, -0.1) is 0 Å². The molecule has 0 atom stereocenters. The highest BCUT2D eigenvalue weighted by molar-refractivity contribution is 14.1. The largest absolute Gasteiger partial charge is 0.748 e. The molecule has 18 heavy (non-hydrogen) atoms. The molecule has 100 valence electrons. The highest BCUT2D eigenvalue weighted by atomic mass is 127. The van der Waals surface area contributed by atoms with Gasteiger partial charge in [-0.05, 0) is 79.9 Å². The second-order valence-electron chi connectivity index (χ2n) is 3.15. The summed E-state index contributed by atoms with van der Waals surface area (Å²) < 4.78 is 38.4. The first-order chi connectivity index (χ1) is 8.20. The van der Waals surface area contributed by atoms with Crippen molar-refractivity contribution in [2.75, 3.05) is 12.4 Å². The Balaban J connectivity index is 2.79. The van der Waals surface area contributed by atoms with Crippen LogP contribution in [0.3, 0.4) is 0 Å². The second kappa shape index (κ2) is 6.99. The van der Waals surface area contributed by atoms with Crippen molar-refractivity contribution in [3.63, 3.8) is 0 Å². The average molecular weight is 607 g/mol. The third kappa shape index (κ3) is 5.42. The van der Waals surface area contributed by atoms with Gasteiger partial charge in [0.15, 0.2) is 0 Å². The first-order valence-corrected chi connectivity index (χ1v) is 9.27. The lowest BCUT2D eigenvalue weighted by Gasteiger charge is -2.10. The Morgan fingerprint density at radius 3 is 2.44 bits per heavy atom. The van der Waals surface area contributed by atoms with Crippen molar-refractivity contribution in [2.24, 2.45) is 0 Å². The number of halogens is 3. The van der Waals surface area contributed by atoms with Crippen LogP contribution in [0.1, 0.15) is 10.4 Å². The number of benzene rings is 1. The van der Waals surface area contributed by atoms with Crippen LogP contribution in [0, 0.1) is 10.7 Å². The number of ether oxygens (including phenoxy) is 1. The molecule has 0 spiro atoms. The van der Waals surface area contributed by atoms with E-state index in [2.05, 4.69) is 45.2 Å². The van der Waals surface area contributed by atoms with E-state index >= 15 is 0 Å². The van der Waals surface area contributed by atoms with Crippen molar-refractivity contribution >= 4 is 83.9 Å². The number of hydrogen-bond acceptors (Lipinski definition) is 5. The van der Waals surface area contributed by atoms with Gasteiger partial charge < -0.3 is 9.29 Å². The first-order valence-electron chi connectivity index (χ1n) is 4.46. The molecule has 0 radical (unpaired) electrons. The summed E-state index contributed by atoms with van der Waals surface area (Å²) in [5.41, 5.74) is 0.371. The molecule has 9 heteroatoms. The molecule has 0 bridgehead atoms. The lowest BCUT2D eigenvalue weighted by molar-refractivity contribution is 0.0526. The van der Waals surface area contributed by atoms with E-state index in [9.17, 15) is 17.8 Å². The predicted octanol–water partition coefficient (Wildman–Crippen LogP) is 2.20. The molecule has 5 nitrogen and oxygen atoms in total. The van der Waals surface area contributed by atoms with Crippen LogP contribution in [0.2, 0.25) is 0 Å². The van der Waals surface area contributed by atoms with Crippen molar-refractivity contribution in [2.45, 2.75) is 0 Å². The molecule has 0 saturated heterocycles. The summed E-state index contributed by atoms with van der Waals surface area (Å²) in [4.78, 5) is 11.7. The van der Waals surface area contributed by atoms with Crippen molar-refractivity contribution in [3.8, 4) is 0 Å². The Labute approximate surface area is 145 Å². The molecule has 0 aliphatic carbocycles. The summed E-state index contributed by atoms with van der Waals surface area (Å²) in [6.07, 6.45) is 0. The second-order valence-corrected chi connectivity index (χ2v) is 8.16. The van der Waals surface area contributed by atoms with Gasteiger partial charge in [0.1, 0.15) is 6.61 Å². The summed E-state index contributed by atoms with van der Waals surface area (Å²) >= 11 is 6.18. The Morgan fingerprint density at radius 1 is 1.28 bits per heavy atom. The van der Waals surface area contributed by atoms with Crippen molar-refractivity contribution < 1.29 is 22.5 Å². The fraction of sp³-hybridized carbons (Fsp3) is 0.222. The summed E-state index contributed by atoms with van der Waals surface area (Å²) in [6, 6.07) is 3.56. The molecule has 0 saturated carbocycles. The zero-order chi connectivity index (χ0) is 13.9. The van der Waals surface area contributed by atoms with E-state index in [0.717, 1.165) is 10.7 Å². The van der Waals surface area contributed by atoms with Gasteiger partial charge >= 0.3 is 5.97 Å². The quantitative estimate of drug-likeness (QED) is 0.227. The number of rotatable bonds is 4. The number of hydrogen-bond donors (Lipinski definition) is 0. The van der Waals surface area contributed by atoms with E-state index in [0.29, 0.717) is 5.56 Å². The third-order valence-corrected chi connectivity index (χ3v) is 6.11. The topological polar surface area (TPSA) is 83.5 Å². The maximum Gasteiger partial charge on any atom is 0.339 e. The fourth-order valence-corrected chi connectivity index (χ4v) is 3.68. The average Bonchev–Trinajstić information content (AvgIpc) is 2.21. The van der Waals surface area contributed by atoms with Gasteiger partial charge in [-0.2, -0.15) is 0 Å². The van der Waals surface area contributed by atoms with Gasteiger partial charge in [-0.25, -0.2) is 13.2 Å². The van der Waals surface area contributed by atoms with E-state index in [1.807, 2.05) is 28.7 Å². The van der Waals surface area contributed by atoms with E-state index < -0.39 is 28.4 Å². The number of carbonyl (C=O) groups excluding carboxylic acids is 1. The lowest BCUT2D eigenvalue weighted by atomic mass is 10.2. The van der Waals surface area contributed by atoms with E-state index in [1.165, 1.54) is 0 Å². The van der Waals surface area contributed by atoms with Gasteiger partial charge in [0.25, 0.3) is 0 Å². The summed E-state index contributed by atoms with van der Waals surface area (Å²) in [5.74, 6) is -1.34. The van der Waals surface area contributed by atoms with Gasteiger partial charge in [0.2, 0.25) is 0 Å². The molecule has 0 aliphatic rings. The van der Waals surface area contributed by atoms with Crippen LogP contribution in [-0.4, -0.2) is 31.3 Å². The van der Waals surface area contributed by atoms with Crippen LogP contribution in [0.4, 0.5) is 0 Å². The minimum absolute atomic E-state index is 0.371. The molecular formula is C9H6I3O5S-. The Morgan fingerprint density at radius 2 is 1.89 bits per heavy atom. The zero-order valence-corrected chi connectivity index (χ0v) is 15.9. The van der Waals surface area contributed by atoms with Gasteiger partial charge in [0, 0.05) is 10.7 Å². The van der Waals surface area contributed by atoms with Crippen LogP contribution in [0.25, 0.3) is 0 Å². The SMILES string of the molecule is O=C(OCCS(=O)(=O)[O-])c1cc(I)cc(I)c1I. The van der Waals surface area contributed by atoms with Crippen molar-refractivity contribution in [3.05, 3.63) is 28.4 Å². The molecule has 0 unspecified atom stereocenters. The number of esters is 1. The fourth-order valence-electron chi connectivity index (χ4n) is 1.02. The van der Waals surface area contributed by atoms with Crippen molar-refractivity contribution in [1.82, 2.24) is 0 Å². The minimum atomic E-state index is -4.36. The minimum Gasteiger partial charge on any atom is -0.748 e. The summed E-state index contributed by atoms with van der Waals surface area (Å²) in [6.45, 7) is -0.428. The van der Waals surface area contributed by atoms with Crippen LogP contribution in [0.5, 0.6) is 0 Å². The van der Waals surface area contributed by atoms with Crippen LogP contribution < -0.4 is 0 Å². The van der Waals surface area contributed by atoms with Crippen LogP contribution in [-0.2, 0) is 14.9 Å². The van der Waals surface area contributed by atoms with Crippen molar-refractivity contribution in [1.29, 1.82) is 0 Å². The molecule has 0 N–H and O–H groups in total. The molecule has 0 fully saturated rings. The molecule has 0 aromatic heterocycles. The molecule has 0 amide bonds. The van der Waals surface area contributed by atoms with Gasteiger partial charge in [0.05, 0.1) is 21.4 Å². The maximum atomic E-state index is 11.7.